The minimum Gasteiger partial charge on any atom is -0.326 e. The van der Waals surface area contributed by atoms with Crippen molar-refractivity contribution in [1.82, 2.24) is 0 Å². The Morgan fingerprint density at radius 1 is 1.32 bits per heavy atom. The number of halogens is 2. The van der Waals surface area contributed by atoms with Gasteiger partial charge in [0, 0.05) is 18.5 Å². The average molecular weight is 287 g/mol. The van der Waals surface area contributed by atoms with Crippen LogP contribution in [-0.2, 0) is 9.59 Å². The molecule has 0 bridgehead atoms. The molecule has 6 heteroatoms. The van der Waals surface area contributed by atoms with Gasteiger partial charge in [-0.05, 0) is 32.0 Å². The first kappa shape index (κ1) is 15.4. The van der Waals surface area contributed by atoms with Crippen molar-refractivity contribution in [3.05, 3.63) is 24.0 Å². The fourth-order valence-corrected chi connectivity index (χ4v) is 1.37. The van der Waals surface area contributed by atoms with Crippen molar-refractivity contribution >= 4 is 34.8 Å². The van der Waals surface area contributed by atoms with Crippen molar-refractivity contribution < 1.29 is 14.0 Å². The summed E-state index contributed by atoms with van der Waals surface area (Å²) in [5.74, 6) is -1.06. The molecule has 0 aromatic heterocycles. The molecule has 19 heavy (non-hydrogen) atoms. The number of hydrogen-bond donors (Lipinski definition) is 2. The number of anilines is 2. The van der Waals surface area contributed by atoms with E-state index in [2.05, 4.69) is 10.6 Å². The van der Waals surface area contributed by atoms with E-state index in [1.165, 1.54) is 25.1 Å². The Bertz CT molecular complexity index is 503. The number of amides is 2. The van der Waals surface area contributed by atoms with Crippen LogP contribution in [0.25, 0.3) is 0 Å². The van der Waals surface area contributed by atoms with Gasteiger partial charge in [0.15, 0.2) is 0 Å². The Labute approximate surface area is 116 Å². The molecule has 0 spiro atoms. The molecule has 1 rings (SSSR count). The lowest BCUT2D eigenvalue weighted by Gasteiger charge is -2.20. The van der Waals surface area contributed by atoms with Gasteiger partial charge in [0.05, 0.1) is 11.1 Å². The van der Waals surface area contributed by atoms with E-state index in [-0.39, 0.29) is 23.4 Å². The highest BCUT2D eigenvalue weighted by atomic mass is 35.5. The maximum Gasteiger partial charge on any atom is 0.231 e. The Hall–Kier alpha value is -1.62. The predicted molar refractivity (Wildman–Crippen MR) is 73.8 cm³/mol. The van der Waals surface area contributed by atoms with Crippen LogP contribution in [0.5, 0.6) is 0 Å². The molecule has 0 aliphatic heterocycles. The normalized spacial score (nSPS) is 11.0. The van der Waals surface area contributed by atoms with Crippen LogP contribution in [0.2, 0.25) is 0 Å². The van der Waals surface area contributed by atoms with Crippen molar-refractivity contribution in [3.8, 4) is 0 Å². The molecular weight excluding hydrogens is 271 g/mol. The monoisotopic (exact) mass is 286 g/mol. The number of alkyl halides is 1. The van der Waals surface area contributed by atoms with E-state index in [0.29, 0.717) is 5.69 Å². The van der Waals surface area contributed by atoms with Gasteiger partial charge in [-0.2, -0.15) is 0 Å². The molecule has 104 valence electrons. The van der Waals surface area contributed by atoms with Crippen LogP contribution >= 0.6 is 11.6 Å². The molecule has 0 saturated carbocycles. The Kier molecular flexibility index (Phi) is 4.89. The number of nitrogens with one attached hydrogen (secondary N) is 2. The van der Waals surface area contributed by atoms with Crippen LogP contribution in [0, 0.1) is 11.2 Å². The van der Waals surface area contributed by atoms with Crippen molar-refractivity contribution in [2.75, 3.05) is 16.5 Å². The van der Waals surface area contributed by atoms with E-state index in [9.17, 15) is 14.0 Å². The fourth-order valence-electron chi connectivity index (χ4n) is 1.25. The van der Waals surface area contributed by atoms with Gasteiger partial charge in [-0.15, -0.1) is 11.6 Å². The van der Waals surface area contributed by atoms with E-state index < -0.39 is 11.2 Å². The highest BCUT2D eigenvalue weighted by molar-refractivity contribution is 6.20. The van der Waals surface area contributed by atoms with E-state index >= 15 is 0 Å². The highest BCUT2D eigenvalue weighted by Crippen LogP contribution is 2.23. The number of carbonyl (C=O) groups is 2. The lowest BCUT2D eigenvalue weighted by Crippen LogP contribution is -2.32. The Morgan fingerprint density at radius 3 is 2.47 bits per heavy atom. The molecule has 1 aromatic rings. The summed E-state index contributed by atoms with van der Waals surface area (Å²) in [6.45, 7) is 4.68. The molecule has 0 heterocycles. The summed E-state index contributed by atoms with van der Waals surface area (Å²) in [6, 6.07) is 3.95. The summed E-state index contributed by atoms with van der Waals surface area (Å²) < 4.78 is 13.4. The summed E-state index contributed by atoms with van der Waals surface area (Å²) in [5.41, 5.74) is -0.313. The van der Waals surface area contributed by atoms with Crippen LogP contribution < -0.4 is 10.6 Å². The largest absolute Gasteiger partial charge is 0.326 e. The summed E-state index contributed by atoms with van der Waals surface area (Å²) in [4.78, 5) is 22.8. The van der Waals surface area contributed by atoms with Crippen molar-refractivity contribution in [3.63, 3.8) is 0 Å². The second-order valence-electron chi connectivity index (χ2n) is 4.85. The SMILES string of the molecule is CC(=O)Nc1cc(NC(=O)C(C)(C)CCl)ccc1F. The van der Waals surface area contributed by atoms with Crippen LogP contribution in [0.3, 0.4) is 0 Å². The van der Waals surface area contributed by atoms with Gasteiger partial charge in [-0.25, -0.2) is 4.39 Å². The first-order valence-corrected chi connectivity index (χ1v) is 6.24. The number of carbonyl (C=O) groups excluding carboxylic acids is 2. The van der Waals surface area contributed by atoms with Gasteiger partial charge in [-0.1, -0.05) is 0 Å². The number of benzene rings is 1. The van der Waals surface area contributed by atoms with Gasteiger partial charge < -0.3 is 10.6 Å². The topological polar surface area (TPSA) is 58.2 Å². The first-order valence-electron chi connectivity index (χ1n) is 5.71. The molecule has 0 fully saturated rings. The summed E-state index contributed by atoms with van der Waals surface area (Å²) in [5, 5.41) is 4.98. The molecule has 2 N–H and O–H groups in total. The van der Waals surface area contributed by atoms with Crippen LogP contribution in [0.4, 0.5) is 15.8 Å². The third-order valence-corrected chi connectivity index (χ3v) is 3.15. The molecule has 0 saturated heterocycles. The van der Waals surface area contributed by atoms with Crippen LogP contribution in [0.15, 0.2) is 18.2 Å². The molecule has 0 radical (unpaired) electrons. The zero-order valence-corrected chi connectivity index (χ0v) is 11.8. The van der Waals surface area contributed by atoms with Gasteiger partial charge >= 0.3 is 0 Å². The minimum absolute atomic E-state index is 0.0222. The van der Waals surface area contributed by atoms with Gasteiger partial charge in [0.2, 0.25) is 11.8 Å². The fraction of sp³-hybridized carbons (Fsp3) is 0.385. The first-order chi connectivity index (χ1) is 8.76. The molecule has 0 atom stereocenters. The van der Waals surface area contributed by atoms with E-state index in [1.807, 2.05) is 0 Å². The predicted octanol–water partition coefficient (Wildman–Crippen LogP) is 2.99. The smallest absolute Gasteiger partial charge is 0.231 e. The van der Waals surface area contributed by atoms with Gasteiger partial charge in [0.1, 0.15) is 5.82 Å². The van der Waals surface area contributed by atoms with Crippen molar-refractivity contribution in [2.24, 2.45) is 5.41 Å². The maximum atomic E-state index is 13.4. The lowest BCUT2D eigenvalue weighted by molar-refractivity contribution is -0.123. The molecular formula is C13H16ClFN2O2. The summed E-state index contributed by atoms with van der Waals surface area (Å²) in [6.07, 6.45) is 0. The van der Waals surface area contributed by atoms with E-state index in [4.69, 9.17) is 11.6 Å². The summed E-state index contributed by atoms with van der Waals surface area (Å²) >= 11 is 5.70. The van der Waals surface area contributed by atoms with Gasteiger partial charge in [0.25, 0.3) is 0 Å². The standard InChI is InChI=1S/C13H16ClFN2O2/c1-8(18)16-11-6-9(4-5-10(11)15)17-12(19)13(2,3)7-14/h4-6H,7H2,1-3H3,(H,16,18)(H,17,19). The molecule has 0 aliphatic carbocycles. The van der Waals surface area contributed by atoms with E-state index in [0.717, 1.165) is 0 Å². The zero-order chi connectivity index (χ0) is 14.6. The van der Waals surface area contributed by atoms with Crippen molar-refractivity contribution in [1.29, 1.82) is 0 Å². The van der Waals surface area contributed by atoms with Gasteiger partial charge in [-0.3, -0.25) is 9.59 Å². The highest BCUT2D eigenvalue weighted by Gasteiger charge is 2.26. The zero-order valence-electron chi connectivity index (χ0n) is 11.0. The Morgan fingerprint density at radius 2 is 1.95 bits per heavy atom. The van der Waals surface area contributed by atoms with Crippen LogP contribution in [-0.4, -0.2) is 17.7 Å². The second-order valence-corrected chi connectivity index (χ2v) is 5.11. The maximum absolute atomic E-state index is 13.4. The Balaban J connectivity index is 2.91. The molecule has 0 unspecified atom stereocenters. The molecule has 0 aliphatic rings. The third kappa shape index (κ3) is 4.21. The second kappa shape index (κ2) is 6.02. The lowest BCUT2D eigenvalue weighted by atomic mass is 9.95. The van der Waals surface area contributed by atoms with Crippen LogP contribution in [0.1, 0.15) is 20.8 Å². The summed E-state index contributed by atoms with van der Waals surface area (Å²) in [7, 11) is 0. The quantitative estimate of drug-likeness (QED) is 0.836. The number of rotatable bonds is 4. The van der Waals surface area contributed by atoms with E-state index in [1.54, 1.807) is 13.8 Å². The molecule has 2 amide bonds. The molecule has 4 nitrogen and oxygen atoms in total. The minimum atomic E-state index is -0.732. The third-order valence-electron chi connectivity index (χ3n) is 2.48. The van der Waals surface area contributed by atoms with Crippen molar-refractivity contribution in [2.45, 2.75) is 20.8 Å². The average Bonchev–Trinajstić information content (AvgIpc) is 2.32. The number of hydrogen-bond acceptors (Lipinski definition) is 2. The molecule has 1 aromatic carbocycles.